The van der Waals surface area contributed by atoms with E-state index in [2.05, 4.69) is 15.5 Å². The molecule has 82 valence electrons. The van der Waals surface area contributed by atoms with E-state index in [1.807, 2.05) is 6.92 Å². The fraction of sp³-hybridized carbons (Fsp3) is 0.600. The van der Waals surface area contributed by atoms with Crippen LogP contribution in [0.2, 0.25) is 0 Å². The van der Waals surface area contributed by atoms with Gasteiger partial charge >= 0.3 is 0 Å². The molecule has 2 rings (SSSR count). The fourth-order valence-corrected chi connectivity index (χ4v) is 1.64. The van der Waals surface area contributed by atoms with Crippen molar-refractivity contribution in [2.45, 2.75) is 25.9 Å². The Labute approximate surface area is 88.2 Å². The van der Waals surface area contributed by atoms with Gasteiger partial charge in [0.1, 0.15) is 5.69 Å². The third kappa shape index (κ3) is 2.56. The van der Waals surface area contributed by atoms with Crippen molar-refractivity contribution in [3.05, 3.63) is 17.5 Å². The van der Waals surface area contributed by atoms with Gasteiger partial charge in [0.25, 0.3) is 5.91 Å². The van der Waals surface area contributed by atoms with E-state index in [9.17, 15) is 4.79 Å². The van der Waals surface area contributed by atoms with Crippen LogP contribution >= 0.6 is 0 Å². The molecule has 1 aliphatic rings. The van der Waals surface area contributed by atoms with Crippen LogP contribution in [0.15, 0.2) is 6.07 Å². The van der Waals surface area contributed by atoms with E-state index >= 15 is 0 Å². The molecule has 2 heterocycles. The third-order valence-electron chi connectivity index (χ3n) is 2.45. The zero-order chi connectivity index (χ0) is 10.7. The number of aryl methyl sites for hydroxylation is 1. The lowest BCUT2D eigenvalue weighted by Crippen LogP contribution is -2.31. The molecule has 0 saturated carbocycles. The maximum Gasteiger partial charge on any atom is 0.271 e. The number of amides is 1. The molecule has 5 nitrogen and oxygen atoms in total. The highest BCUT2D eigenvalue weighted by Crippen LogP contribution is 2.10. The minimum Gasteiger partial charge on any atom is -0.376 e. The molecule has 1 aromatic rings. The number of rotatable bonds is 3. The van der Waals surface area contributed by atoms with Crippen molar-refractivity contribution in [2.75, 3.05) is 13.2 Å². The number of nitrogens with zero attached hydrogens (tertiary/aromatic N) is 1. The number of H-pyrrole nitrogens is 1. The number of carbonyl (C=O) groups is 1. The van der Waals surface area contributed by atoms with Crippen molar-refractivity contribution in [3.63, 3.8) is 0 Å². The third-order valence-corrected chi connectivity index (χ3v) is 2.45. The Kier molecular flexibility index (Phi) is 3.01. The summed E-state index contributed by atoms with van der Waals surface area (Å²) in [6.45, 7) is 3.25. The molecule has 0 spiro atoms. The monoisotopic (exact) mass is 209 g/mol. The van der Waals surface area contributed by atoms with Gasteiger partial charge in [-0.15, -0.1) is 0 Å². The van der Waals surface area contributed by atoms with Gasteiger partial charge in [-0.1, -0.05) is 0 Å². The lowest BCUT2D eigenvalue weighted by molar-refractivity contribution is 0.0853. The van der Waals surface area contributed by atoms with Crippen LogP contribution in [0, 0.1) is 6.92 Å². The van der Waals surface area contributed by atoms with E-state index in [0.717, 1.165) is 25.1 Å². The van der Waals surface area contributed by atoms with E-state index in [1.165, 1.54) is 0 Å². The van der Waals surface area contributed by atoms with Gasteiger partial charge in [0.2, 0.25) is 0 Å². The highest BCUT2D eigenvalue weighted by Gasteiger charge is 2.17. The SMILES string of the molecule is Cc1cc(C(=O)NCC2CCCO2)n[nH]1. The lowest BCUT2D eigenvalue weighted by Gasteiger charge is -2.09. The van der Waals surface area contributed by atoms with Gasteiger partial charge in [-0.25, -0.2) is 0 Å². The Balaban J connectivity index is 1.81. The fourth-order valence-electron chi connectivity index (χ4n) is 1.64. The van der Waals surface area contributed by atoms with Crippen LogP contribution in [0.5, 0.6) is 0 Å². The molecule has 1 unspecified atom stereocenters. The second-order valence-corrected chi connectivity index (χ2v) is 3.78. The summed E-state index contributed by atoms with van der Waals surface area (Å²) in [5, 5.41) is 9.43. The molecule has 1 aromatic heterocycles. The number of aromatic amines is 1. The largest absolute Gasteiger partial charge is 0.376 e. The smallest absolute Gasteiger partial charge is 0.271 e. The molecule has 1 fully saturated rings. The first kappa shape index (κ1) is 10.2. The number of hydrogen-bond acceptors (Lipinski definition) is 3. The summed E-state index contributed by atoms with van der Waals surface area (Å²) in [5.41, 5.74) is 1.32. The van der Waals surface area contributed by atoms with Crippen LogP contribution in [0.4, 0.5) is 0 Å². The maximum atomic E-state index is 11.6. The average molecular weight is 209 g/mol. The summed E-state index contributed by atoms with van der Waals surface area (Å²) in [5.74, 6) is -0.144. The van der Waals surface area contributed by atoms with Crippen LogP contribution in [-0.2, 0) is 4.74 Å². The first-order valence-corrected chi connectivity index (χ1v) is 5.17. The lowest BCUT2D eigenvalue weighted by atomic mass is 10.2. The second kappa shape index (κ2) is 4.44. The number of hydrogen-bond donors (Lipinski definition) is 2. The van der Waals surface area contributed by atoms with Gasteiger partial charge in [-0.2, -0.15) is 5.10 Å². The summed E-state index contributed by atoms with van der Waals surface area (Å²) in [6, 6.07) is 1.73. The van der Waals surface area contributed by atoms with Crippen LogP contribution in [0.1, 0.15) is 29.0 Å². The summed E-state index contributed by atoms with van der Waals surface area (Å²) in [4.78, 5) is 11.6. The maximum absolute atomic E-state index is 11.6. The van der Waals surface area contributed by atoms with Crippen LogP contribution in [0.3, 0.4) is 0 Å². The van der Waals surface area contributed by atoms with Crippen LogP contribution in [0.25, 0.3) is 0 Å². The predicted octanol–water partition coefficient (Wildman–Crippen LogP) is 0.627. The van der Waals surface area contributed by atoms with Gasteiger partial charge in [0.05, 0.1) is 6.10 Å². The number of ether oxygens (including phenoxy) is 1. The van der Waals surface area contributed by atoms with Gasteiger partial charge in [-0.3, -0.25) is 9.89 Å². The first-order chi connectivity index (χ1) is 7.25. The molecule has 0 aliphatic carbocycles. The Morgan fingerprint density at radius 1 is 1.80 bits per heavy atom. The minimum atomic E-state index is -0.144. The van der Waals surface area contributed by atoms with Crippen molar-refractivity contribution < 1.29 is 9.53 Å². The summed E-state index contributed by atoms with van der Waals surface area (Å²) in [6.07, 6.45) is 2.29. The van der Waals surface area contributed by atoms with Crippen LogP contribution in [-0.4, -0.2) is 35.4 Å². The Hall–Kier alpha value is -1.36. The molecule has 0 bridgehead atoms. The standard InChI is InChI=1S/C10H15N3O2/c1-7-5-9(13-12-7)10(14)11-6-8-3-2-4-15-8/h5,8H,2-4,6H2,1H3,(H,11,14)(H,12,13). The molecule has 0 radical (unpaired) electrons. The molecule has 1 atom stereocenters. The summed E-state index contributed by atoms with van der Waals surface area (Å²) < 4.78 is 5.40. The zero-order valence-electron chi connectivity index (χ0n) is 8.75. The molecule has 5 heteroatoms. The van der Waals surface area contributed by atoms with Gasteiger partial charge < -0.3 is 10.1 Å². The highest BCUT2D eigenvalue weighted by atomic mass is 16.5. The molecule has 1 amide bonds. The molecule has 2 N–H and O–H groups in total. The Morgan fingerprint density at radius 3 is 3.27 bits per heavy atom. The quantitative estimate of drug-likeness (QED) is 0.767. The van der Waals surface area contributed by atoms with Crippen molar-refractivity contribution in [3.8, 4) is 0 Å². The Morgan fingerprint density at radius 2 is 2.67 bits per heavy atom. The van der Waals surface area contributed by atoms with E-state index < -0.39 is 0 Å². The Bertz CT molecular complexity index is 342. The average Bonchev–Trinajstić information content (AvgIpc) is 2.84. The number of carbonyl (C=O) groups excluding carboxylic acids is 1. The highest BCUT2D eigenvalue weighted by molar-refractivity contribution is 5.92. The predicted molar refractivity (Wildman–Crippen MR) is 54.6 cm³/mol. The molecule has 1 aliphatic heterocycles. The second-order valence-electron chi connectivity index (χ2n) is 3.78. The number of nitrogens with one attached hydrogen (secondary N) is 2. The van der Waals surface area contributed by atoms with Gasteiger partial charge in [-0.05, 0) is 25.8 Å². The normalized spacial score (nSPS) is 20.5. The van der Waals surface area contributed by atoms with Crippen LogP contribution < -0.4 is 5.32 Å². The van der Waals surface area contributed by atoms with Gasteiger partial charge in [0, 0.05) is 18.8 Å². The van der Waals surface area contributed by atoms with Crippen molar-refractivity contribution >= 4 is 5.91 Å². The van der Waals surface area contributed by atoms with E-state index in [4.69, 9.17) is 4.74 Å². The van der Waals surface area contributed by atoms with Crippen molar-refractivity contribution in [2.24, 2.45) is 0 Å². The zero-order valence-corrected chi connectivity index (χ0v) is 8.75. The van der Waals surface area contributed by atoms with Gasteiger partial charge in [0.15, 0.2) is 0 Å². The minimum absolute atomic E-state index is 0.144. The van der Waals surface area contributed by atoms with E-state index in [0.29, 0.717) is 12.2 Å². The van der Waals surface area contributed by atoms with Crippen molar-refractivity contribution in [1.29, 1.82) is 0 Å². The molecule has 15 heavy (non-hydrogen) atoms. The molecular weight excluding hydrogens is 194 g/mol. The molecule has 0 aromatic carbocycles. The molecular formula is C10H15N3O2. The summed E-state index contributed by atoms with van der Waals surface area (Å²) in [7, 11) is 0. The number of aromatic nitrogens is 2. The van der Waals surface area contributed by atoms with E-state index in [-0.39, 0.29) is 12.0 Å². The first-order valence-electron chi connectivity index (χ1n) is 5.17. The summed E-state index contributed by atoms with van der Waals surface area (Å²) >= 11 is 0. The molecule has 1 saturated heterocycles. The van der Waals surface area contributed by atoms with Crippen molar-refractivity contribution in [1.82, 2.24) is 15.5 Å². The topological polar surface area (TPSA) is 67.0 Å². The van der Waals surface area contributed by atoms with E-state index in [1.54, 1.807) is 6.07 Å².